The Morgan fingerprint density at radius 1 is 1.43 bits per heavy atom. The van der Waals surface area contributed by atoms with Crippen LogP contribution in [-0.4, -0.2) is 12.3 Å². The van der Waals surface area contributed by atoms with Crippen LogP contribution in [0.2, 0.25) is 0 Å². The lowest BCUT2D eigenvalue weighted by Gasteiger charge is -2.02. The first kappa shape index (κ1) is 12.0. The van der Waals surface area contributed by atoms with Crippen LogP contribution in [0.15, 0.2) is 22.7 Å². The van der Waals surface area contributed by atoms with Crippen molar-refractivity contribution >= 4 is 27.7 Å². The van der Waals surface area contributed by atoms with E-state index in [-0.39, 0.29) is 5.82 Å². The van der Waals surface area contributed by atoms with Gasteiger partial charge in [-0.25, -0.2) is 4.39 Å². The maximum atomic E-state index is 12.9. The van der Waals surface area contributed by atoms with Crippen molar-refractivity contribution in [1.82, 2.24) is 0 Å². The summed E-state index contributed by atoms with van der Waals surface area (Å²) in [4.78, 5) is 0. The Hall–Kier alpha value is -0.0600. The minimum Gasteiger partial charge on any atom is -0.330 e. The van der Waals surface area contributed by atoms with Crippen molar-refractivity contribution in [2.45, 2.75) is 12.2 Å². The topological polar surface area (TPSA) is 26.0 Å². The molecule has 0 heterocycles. The Bertz CT molecular complexity index is 293. The van der Waals surface area contributed by atoms with Crippen molar-refractivity contribution in [3.63, 3.8) is 0 Å². The fourth-order valence-corrected chi connectivity index (χ4v) is 2.36. The van der Waals surface area contributed by atoms with E-state index in [0.29, 0.717) is 4.47 Å². The highest BCUT2D eigenvalue weighted by Gasteiger charge is 2.00. The van der Waals surface area contributed by atoms with Gasteiger partial charge in [0.1, 0.15) is 5.82 Å². The van der Waals surface area contributed by atoms with E-state index in [1.807, 2.05) is 23.9 Å². The number of rotatable bonds is 5. The first-order valence-electron chi connectivity index (χ1n) is 4.46. The van der Waals surface area contributed by atoms with E-state index in [1.165, 1.54) is 6.07 Å². The van der Waals surface area contributed by atoms with Crippen LogP contribution >= 0.6 is 27.7 Å². The second-order valence-electron chi connectivity index (χ2n) is 2.94. The molecule has 1 aromatic carbocycles. The van der Waals surface area contributed by atoms with Crippen LogP contribution in [0.4, 0.5) is 4.39 Å². The van der Waals surface area contributed by atoms with Gasteiger partial charge in [-0.05, 0) is 52.3 Å². The predicted molar refractivity (Wildman–Crippen MR) is 63.9 cm³/mol. The summed E-state index contributed by atoms with van der Waals surface area (Å²) in [6.45, 7) is 0.736. The van der Waals surface area contributed by atoms with Crippen LogP contribution in [0.25, 0.3) is 0 Å². The summed E-state index contributed by atoms with van der Waals surface area (Å²) in [6, 6.07) is 5.13. The van der Waals surface area contributed by atoms with E-state index in [2.05, 4.69) is 15.9 Å². The van der Waals surface area contributed by atoms with E-state index < -0.39 is 0 Å². The van der Waals surface area contributed by atoms with Gasteiger partial charge in [-0.1, -0.05) is 6.07 Å². The molecular formula is C10H13BrFNS. The lowest BCUT2D eigenvalue weighted by molar-refractivity contribution is 0.620. The van der Waals surface area contributed by atoms with Gasteiger partial charge in [-0.3, -0.25) is 0 Å². The van der Waals surface area contributed by atoms with Crippen LogP contribution in [0, 0.1) is 5.82 Å². The summed E-state index contributed by atoms with van der Waals surface area (Å²) in [5, 5.41) is 0. The Morgan fingerprint density at radius 3 is 2.86 bits per heavy atom. The van der Waals surface area contributed by atoms with Crippen LogP contribution in [0.5, 0.6) is 0 Å². The molecule has 0 aliphatic heterocycles. The molecule has 0 fully saturated rings. The lowest BCUT2D eigenvalue weighted by Crippen LogP contribution is -1.99. The smallest absolute Gasteiger partial charge is 0.137 e. The van der Waals surface area contributed by atoms with Crippen molar-refractivity contribution in [3.8, 4) is 0 Å². The zero-order valence-electron chi connectivity index (χ0n) is 7.80. The molecule has 2 N–H and O–H groups in total. The molecular weight excluding hydrogens is 265 g/mol. The van der Waals surface area contributed by atoms with Crippen molar-refractivity contribution in [3.05, 3.63) is 34.1 Å². The minimum atomic E-state index is -0.208. The monoisotopic (exact) mass is 277 g/mol. The largest absolute Gasteiger partial charge is 0.330 e. The minimum absolute atomic E-state index is 0.208. The fraction of sp³-hybridized carbons (Fsp3) is 0.400. The molecule has 0 aliphatic rings. The number of hydrogen-bond donors (Lipinski definition) is 1. The molecule has 0 saturated carbocycles. The van der Waals surface area contributed by atoms with Crippen molar-refractivity contribution in [2.75, 3.05) is 12.3 Å². The molecule has 1 nitrogen and oxygen atoms in total. The third kappa shape index (κ3) is 3.98. The van der Waals surface area contributed by atoms with E-state index in [1.54, 1.807) is 0 Å². The van der Waals surface area contributed by atoms with Gasteiger partial charge in [-0.2, -0.15) is 11.8 Å². The van der Waals surface area contributed by atoms with Gasteiger partial charge in [0.2, 0.25) is 0 Å². The van der Waals surface area contributed by atoms with Gasteiger partial charge in [0.15, 0.2) is 0 Å². The number of thioether (sulfide) groups is 1. The molecule has 1 rings (SSSR count). The number of nitrogens with two attached hydrogens (primary N) is 1. The predicted octanol–water partition coefficient (Wildman–Crippen LogP) is 3.17. The molecule has 4 heteroatoms. The highest BCUT2D eigenvalue weighted by Crippen LogP contribution is 2.20. The van der Waals surface area contributed by atoms with E-state index in [0.717, 1.165) is 30.0 Å². The Morgan fingerprint density at radius 2 is 2.21 bits per heavy atom. The Labute approximate surface area is 96.4 Å². The van der Waals surface area contributed by atoms with Gasteiger partial charge in [-0.15, -0.1) is 0 Å². The molecule has 14 heavy (non-hydrogen) atoms. The molecule has 0 spiro atoms. The van der Waals surface area contributed by atoms with E-state index in [4.69, 9.17) is 5.73 Å². The third-order valence-electron chi connectivity index (χ3n) is 1.75. The molecule has 0 amide bonds. The van der Waals surface area contributed by atoms with Gasteiger partial charge in [0.05, 0.1) is 4.47 Å². The molecule has 0 unspecified atom stereocenters. The summed E-state index contributed by atoms with van der Waals surface area (Å²) in [5.74, 6) is 1.77. The van der Waals surface area contributed by atoms with Gasteiger partial charge >= 0.3 is 0 Å². The first-order valence-corrected chi connectivity index (χ1v) is 6.40. The van der Waals surface area contributed by atoms with Crippen molar-refractivity contribution in [1.29, 1.82) is 0 Å². The molecule has 0 aliphatic carbocycles. The SMILES string of the molecule is NCCCSCc1ccc(F)c(Br)c1. The summed E-state index contributed by atoms with van der Waals surface area (Å²) >= 11 is 4.99. The standard InChI is InChI=1S/C10H13BrFNS/c11-9-6-8(2-3-10(9)12)7-14-5-1-4-13/h2-3,6H,1,4-5,7,13H2. The van der Waals surface area contributed by atoms with Gasteiger partial charge in [0.25, 0.3) is 0 Å². The molecule has 0 aromatic heterocycles. The van der Waals surface area contributed by atoms with Crippen molar-refractivity contribution in [2.24, 2.45) is 5.73 Å². The fourth-order valence-electron chi connectivity index (χ4n) is 1.00. The molecule has 0 saturated heterocycles. The van der Waals surface area contributed by atoms with Crippen LogP contribution in [-0.2, 0) is 5.75 Å². The maximum absolute atomic E-state index is 12.9. The normalized spacial score (nSPS) is 10.5. The Balaban J connectivity index is 2.39. The summed E-state index contributed by atoms with van der Waals surface area (Å²) in [5.41, 5.74) is 6.52. The van der Waals surface area contributed by atoms with Crippen LogP contribution in [0.1, 0.15) is 12.0 Å². The number of benzene rings is 1. The van der Waals surface area contributed by atoms with Crippen LogP contribution in [0.3, 0.4) is 0 Å². The average Bonchev–Trinajstić information content (AvgIpc) is 2.18. The van der Waals surface area contributed by atoms with Gasteiger partial charge in [0, 0.05) is 5.75 Å². The highest BCUT2D eigenvalue weighted by atomic mass is 79.9. The second-order valence-corrected chi connectivity index (χ2v) is 4.90. The Kier molecular flexibility index (Phi) is 5.52. The second kappa shape index (κ2) is 6.43. The molecule has 0 atom stereocenters. The lowest BCUT2D eigenvalue weighted by atomic mass is 10.2. The molecule has 78 valence electrons. The maximum Gasteiger partial charge on any atom is 0.137 e. The summed E-state index contributed by atoms with van der Waals surface area (Å²) in [6.07, 6.45) is 1.03. The first-order chi connectivity index (χ1) is 6.74. The summed E-state index contributed by atoms with van der Waals surface area (Å²) in [7, 11) is 0. The van der Waals surface area contributed by atoms with E-state index in [9.17, 15) is 4.39 Å². The van der Waals surface area contributed by atoms with Crippen molar-refractivity contribution < 1.29 is 4.39 Å². The highest BCUT2D eigenvalue weighted by molar-refractivity contribution is 9.10. The summed E-state index contributed by atoms with van der Waals surface area (Å²) < 4.78 is 13.4. The van der Waals surface area contributed by atoms with E-state index >= 15 is 0 Å². The quantitative estimate of drug-likeness (QED) is 0.837. The third-order valence-corrected chi connectivity index (χ3v) is 3.47. The average molecular weight is 278 g/mol. The zero-order valence-corrected chi connectivity index (χ0v) is 10.2. The van der Waals surface area contributed by atoms with Crippen LogP contribution < -0.4 is 5.73 Å². The molecule has 0 bridgehead atoms. The number of hydrogen-bond acceptors (Lipinski definition) is 2. The number of halogens is 2. The molecule has 0 radical (unpaired) electrons. The zero-order chi connectivity index (χ0) is 10.4. The molecule has 1 aromatic rings. The van der Waals surface area contributed by atoms with Gasteiger partial charge < -0.3 is 5.73 Å².